The summed E-state index contributed by atoms with van der Waals surface area (Å²) in [6.07, 6.45) is -2.13. The minimum atomic E-state index is -1.96. The molecule has 2 aromatic carbocycles. The third-order valence-electron chi connectivity index (χ3n) is 17.5. The first-order valence-electron chi connectivity index (χ1n) is 35.3. The number of carbonyl (C=O) groups excluding carboxylic acids is 15. The van der Waals surface area contributed by atoms with Gasteiger partial charge in [0.25, 0.3) is 0 Å². The number of guanidine groups is 1. The first kappa shape index (κ1) is 89.6. The van der Waals surface area contributed by atoms with Crippen molar-refractivity contribution in [3.05, 3.63) is 83.9 Å². The maximum absolute atomic E-state index is 14.6. The molecule has 14 unspecified atom stereocenters. The fourth-order valence-corrected chi connectivity index (χ4v) is 10.9. The highest BCUT2D eigenvalue weighted by molar-refractivity contribution is 6.01. The van der Waals surface area contributed by atoms with Gasteiger partial charge in [-0.1, -0.05) is 96.8 Å². The molecule has 3 aromatic rings. The highest BCUT2D eigenvalue weighted by atomic mass is 16.4. The maximum Gasteiger partial charge on any atom is 0.326 e. The summed E-state index contributed by atoms with van der Waals surface area (Å²) in [5, 5.41) is 75.3. The van der Waals surface area contributed by atoms with Crippen LogP contribution in [0.25, 0.3) is 0 Å². The molecule has 598 valence electrons. The quantitative estimate of drug-likeness (QED) is 0.0202. The summed E-state index contributed by atoms with van der Waals surface area (Å²) in [5.74, 6) is -20.4. The summed E-state index contributed by atoms with van der Waals surface area (Å²) in [4.78, 5) is 234. The van der Waals surface area contributed by atoms with Crippen LogP contribution in [0.5, 0.6) is 5.75 Å². The van der Waals surface area contributed by atoms with E-state index in [1.54, 1.807) is 58.0 Å². The first-order chi connectivity index (χ1) is 51.5. The van der Waals surface area contributed by atoms with Gasteiger partial charge in [0.05, 0.1) is 45.1 Å². The Balaban J connectivity index is 1.85. The number of amides is 15. The van der Waals surface area contributed by atoms with Crippen molar-refractivity contribution >= 4 is 101 Å². The van der Waals surface area contributed by atoms with Crippen molar-refractivity contribution in [2.24, 2.45) is 39.9 Å². The van der Waals surface area contributed by atoms with Gasteiger partial charge in [0.2, 0.25) is 88.6 Å². The molecule has 40 nitrogen and oxygen atoms in total. The second kappa shape index (κ2) is 45.0. The van der Waals surface area contributed by atoms with Crippen LogP contribution in [0.4, 0.5) is 0 Å². The zero-order valence-electron chi connectivity index (χ0n) is 61.6. The molecule has 15 amide bonds. The molecule has 0 aliphatic carbocycles. The number of aliphatic carboxylic acids is 1. The first-order valence-corrected chi connectivity index (χ1v) is 35.3. The molecular formula is C69H102N20O20. The smallest absolute Gasteiger partial charge is 0.326 e. The van der Waals surface area contributed by atoms with E-state index in [0.29, 0.717) is 17.5 Å². The number of nitrogens with one attached hydrogen (secondary N) is 15. The molecule has 1 aliphatic heterocycles. The Kier molecular flexibility index (Phi) is 36.9. The highest BCUT2D eigenvalue weighted by Gasteiger charge is 2.39. The van der Waals surface area contributed by atoms with Crippen LogP contribution in [0.2, 0.25) is 0 Å². The highest BCUT2D eigenvalue weighted by Crippen LogP contribution is 2.16. The van der Waals surface area contributed by atoms with Crippen LogP contribution in [-0.4, -0.2) is 236 Å². The average molecular weight is 1530 g/mol. The molecule has 0 saturated carbocycles. The van der Waals surface area contributed by atoms with Crippen molar-refractivity contribution in [3.63, 3.8) is 0 Å². The third kappa shape index (κ3) is 30.9. The van der Waals surface area contributed by atoms with Gasteiger partial charge in [-0.05, 0) is 67.2 Å². The molecule has 0 radical (unpaired) electrons. The number of imidazole rings is 1. The summed E-state index contributed by atoms with van der Waals surface area (Å²) in [7, 11) is 0. The lowest BCUT2D eigenvalue weighted by molar-refractivity contribution is -0.144. The minimum Gasteiger partial charge on any atom is -0.508 e. The second-order valence-electron chi connectivity index (χ2n) is 26.5. The molecule has 1 saturated heterocycles. The molecule has 2 heterocycles. The van der Waals surface area contributed by atoms with E-state index in [2.05, 4.69) is 89.4 Å². The number of carboxylic acids is 1. The van der Waals surface area contributed by atoms with Crippen LogP contribution >= 0.6 is 0 Å². The van der Waals surface area contributed by atoms with Crippen molar-refractivity contribution in [2.45, 2.75) is 185 Å². The topological polar surface area (TPSA) is 642 Å². The van der Waals surface area contributed by atoms with E-state index in [0.717, 1.165) is 6.92 Å². The Bertz CT molecular complexity index is 3670. The number of aromatic nitrogens is 2. The van der Waals surface area contributed by atoms with Crippen molar-refractivity contribution < 1.29 is 97.1 Å². The molecule has 1 aromatic heterocycles. The largest absolute Gasteiger partial charge is 0.508 e. The Hall–Kier alpha value is -11.8. The van der Waals surface area contributed by atoms with Crippen LogP contribution in [0, 0.1) is 17.8 Å². The molecule has 0 bridgehead atoms. The second-order valence-corrected chi connectivity index (χ2v) is 26.5. The number of rotatable bonds is 26. The normalized spacial score (nSPS) is 22.6. The van der Waals surface area contributed by atoms with Crippen molar-refractivity contribution in [3.8, 4) is 5.75 Å². The number of aliphatic hydroxyl groups excluding tert-OH is 2. The summed E-state index contributed by atoms with van der Waals surface area (Å²) < 4.78 is 0. The number of benzene rings is 2. The molecule has 109 heavy (non-hydrogen) atoms. The summed E-state index contributed by atoms with van der Waals surface area (Å²) in [6, 6.07) is -5.22. The zero-order valence-corrected chi connectivity index (χ0v) is 61.6. The van der Waals surface area contributed by atoms with Gasteiger partial charge in [-0.25, -0.2) is 9.78 Å². The summed E-state index contributed by atoms with van der Waals surface area (Å²) >= 11 is 0. The van der Waals surface area contributed by atoms with Gasteiger partial charge >= 0.3 is 5.97 Å². The van der Waals surface area contributed by atoms with E-state index < -0.39 is 243 Å². The lowest BCUT2D eigenvalue weighted by Crippen LogP contribution is -2.61. The number of carboxylic acid groups (broad SMARTS) is 1. The van der Waals surface area contributed by atoms with Crippen LogP contribution in [-0.2, 0) is 96.0 Å². The maximum atomic E-state index is 14.6. The number of phenolic OH excluding ortho intramolecular Hbond substituents is 1. The van der Waals surface area contributed by atoms with Crippen LogP contribution < -0.4 is 91.6 Å². The molecule has 4 rings (SSSR count). The Morgan fingerprint density at radius 1 is 0.541 bits per heavy atom. The van der Waals surface area contributed by atoms with Gasteiger partial charge in [-0.15, -0.1) is 0 Å². The monoisotopic (exact) mass is 1530 g/mol. The lowest BCUT2D eigenvalue weighted by Gasteiger charge is -2.28. The SMILES string of the molecule is CCC(C)C(NC(=O)C(NC(=O)CC1NC(=O)C(C(C)C)NC(=O)CNC(=O)C(C(C)O)NC(=O)C(Cc2ccc(O)cc2)NC(=O)C(CCCN=C(N)N)NC(=O)C(CO)NC(=O)C(Cc2cnc[nH]2)NC(=O)C(CCC(N)=O)NC(=O)CNC(=O)C(Cc2ccccc2)NC(=O)CNC1=O)C(C)CC)C(=O)O. The van der Waals surface area contributed by atoms with E-state index in [1.165, 1.54) is 50.6 Å². The van der Waals surface area contributed by atoms with E-state index in [9.17, 15) is 97.1 Å². The predicted octanol–water partition coefficient (Wildman–Crippen LogP) is -7.25. The number of aromatic hydroxyl groups is 1. The van der Waals surface area contributed by atoms with Gasteiger partial charge in [0.1, 0.15) is 72.2 Å². The molecule has 40 heteroatoms. The number of nitrogens with two attached hydrogens (primary N) is 3. The standard InChI is InChI=1S/C69H102N20O20/c1-8-35(5)55(67(107)88-56(68(108)109)36(6)9-2)86-50(94)27-47-59(99)76-30-52(96)80-44(24-38-14-11-10-12-15-38)58(98)75-29-51(95)79-43(21-22-49(70)93)61(101)83-46(26-40-28-73-33-78-40)62(102)85-48(32-90)64(104)81-42(16-13-23-74-69(71)72)60(100)82-45(25-39-17-19-41(92)20-18-39)63(103)89-57(37(7)91)65(105)77-31-53(97)87-54(34(3)4)66(106)84-47/h10-12,14-15,17-20,28,33-37,42-48,54-57,90-92H,8-9,13,16,21-27,29-32H2,1-7H3,(H2,70,93)(H,73,78)(H,75,98)(H,76,99)(H,77,105)(H,79,95)(H,80,96)(H,81,104)(H,82,100)(H,83,101)(H,84,106)(H,85,102)(H,86,94)(H,87,97)(H,88,107)(H,89,103)(H,108,109)(H4,71,72,74). The fraction of sp³-hybridized carbons (Fsp3) is 0.536. The van der Waals surface area contributed by atoms with Gasteiger partial charge in [-0.3, -0.25) is 76.9 Å². The number of hydrogen-bond donors (Lipinski definition) is 22. The number of aromatic amines is 1. The number of aliphatic hydroxyl groups is 2. The number of H-pyrrole nitrogens is 1. The number of hydrogen-bond acceptors (Lipinski definition) is 21. The summed E-state index contributed by atoms with van der Waals surface area (Å²) in [5.41, 5.74) is 17.5. The van der Waals surface area contributed by atoms with E-state index >= 15 is 0 Å². The number of primary amides is 1. The van der Waals surface area contributed by atoms with Crippen molar-refractivity contribution in [1.29, 1.82) is 0 Å². The molecule has 25 N–H and O–H groups in total. The number of carbonyl (C=O) groups is 16. The summed E-state index contributed by atoms with van der Waals surface area (Å²) in [6.45, 7) is 6.44. The average Bonchev–Trinajstić information content (AvgIpc) is 1.30. The molecule has 1 aliphatic rings. The number of aliphatic imine (C=N–C) groups is 1. The van der Waals surface area contributed by atoms with Crippen LogP contribution in [0.15, 0.2) is 72.1 Å². The van der Waals surface area contributed by atoms with Gasteiger partial charge in [0.15, 0.2) is 5.96 Å². The Labute approximate surface area is 627 Å². The minimum absolute atomic E-state index is 0.0520. The lowest BCUT2D eigenvalue weighted by atomic mass is 9.95. The predicted molar refractivity (Wildman–Crippen MR) is 388 cm³/mol. The van der Waals surface area contributed by atoms with Gasteiger partial charge in [-0.2, -0.15) is 0 Å². The number of phenols is 1. The van der Waals surface area contributed by atoms with Crippen LogP contribution in [0.1, 0.15) is 110 Å². The Morgan fingerprint density at radius 2 is 1.02 bits per heavy atom. The molecule has 0 spiro atoms. The van der Waals surface area contributed by atoms with Gasteiger partial charge < -0.3 is 117 Å². The van der Waals surface area contributed by atoms with Crippen LogP contribution in [0.3, 0.4) is 0 Å². The van der Waals surface area contributed by atoms with E-state index in [-0.39, 0.29) is 49.6 Å². The van der Waals surface area contributed by atoms with Crippen molar-refractivity contribution in [1.82, 2.24) is 84.4 Å². The molecule has 1 fully saturated rings. The molecular weight excluding hydrogens is 1430 g/mol. The fourth-order valence-electron chi connectivity index (χ4n) is 10.9. The Morgan fingerprint density at radius 3 is 1.55 bits per heavy atom. The van der Waals surface area contributed by atoms with Crippen molar-refractivity contribution in [2.75, 3.05) is 32.8 Å². The zero-order chi connectivity index (χ0) is 81.2. The van der Waals surface area contributed by atoms with E-state index in [1.807, 2.05) is 0 Å². The third-order valence-corrected chi connectivity index (χ3v) is 17.5. The number of nitrogens with zero attached hydrogens (tertiary/aromatic N) is 2. The molecule has 14 atom stereocenters. The van der Waals surface area contributed by atoms with Gasteiger partial charge in [0, 0.05) is 44.1 Å². The van der Waals surface area contributed by atoms with E-state index in [4.69, 9.17) is 17.2 Å².